The van der Waals surface area contributed by atoms with Gasteiger partial charge in [-0.05, 0) is 47.0 Å². The Labute approximate surface area is 155 Å². The summed E-state index contributed by atoms with van der Waals surface area (Å²) in [5.41, 5.74) is -0.640. The van der Waals surface area contributed by atoms with Crippen LogP contribution in [0.25, 0.3) is 0 Å². The molecule has 0 aliphatic rings. The summed E-state index contributed by atoms with van der Waals surface area (Å²) in [6, 6.07) is -1.54. The molecule has 0 saturated carbocycles. The largest absolute Gasteiger partial charge is 0.469 e. The molecule has 0 aromatic rings. The van der Waals surface area contributed by atoms with Crippen LogP contribution in [0.4, 0.5) is 0 Å². The van der Waals surface area contributed by atoms with Gasteiger partial charge in [0.1, 0.15) is 17.7 Å². The van der Waals surface area contributed by atoms with Crippen LogP contribution < -0.4 is 10.6 Å². The topological polar surface area (TPSA) is 111 Å². The number of ether oxygens (including phenoxy) is 2. The van der Waals surface area contributed by atoms with E-state index in [1.807, 2.05) is 0 Å². The maximum atomic E-state index is 12.2. The molecule has 0 aromatic carbocycles. The second kappa shape index (κ2) is 11.5. The highest BCUT2D eigenvalue weighted by Crippen LogP contribution is 2.10. The fourth-order valence-electron chi connectivity index (χ4n) is 2.03. The van der Waals surface area contributed by atoms with Gasteiger partial charge in [-0.1, -0.05) is 6.92 Å². The van der Waals surface area contributed by atoms with Gasteiger partial charge in [0.15, 0.2) is 0 Å². The average molecular weight is 372 g/mol. The normalized spacial score (nSPS) is 13.3. The summed E-state index contributed by atoms with van der Waals surface area (Å²) in [5.74, 6) is -1.56. The Morgan fingerprint density at radius 3 is 2.08 bits per heavy atom. The number of unbranched alkanes of at least 4 members (excludes halogenated alkanes) is 1. The molecular formula is C18H32N2O6. The second-order valence-electron chi connectivity index (χ2n) is 7.08. The van der Waals surface area contributed by atoms with Crippen LogP contribution >= 0.6 is 0 Å². The number of hydrogen-bond donors (Lipinski definition) is 2. The number of amides is 2. The minimum atomic E-state index is -0.778. The maximum absolute atomic E-state index is 12.2. The van der Waals surface area contributed by atoms with Gasteiger partial charge in [0.25, 0.3) is 0 Å². The first-order chi connectivity index (χ1) is 12.0. The van der Waals surface area contributed by atoms with E-state index in [1.54, 1.807) is 34.6 Å². The molecule has 0 aromatic heterocycles. The van der Waals surface area contributed by atoms with Crippen molar-refractivity contribution in [3.63, 3.8) is 0 Å². The summed E-state index contributed by atoms with van der Waals surface area (Å²) >= 11 is 0. The molecule has 2 amide bonds. The van der Waals surface area contributed by atoms with Crippen molar-refractivity contribution in [1.29, 1.82) is 0 Å². The number of hydrogen-bond acceptors (Lipinski definition) is 6. The Hall–Kier alpha value is -2.12. The van der Waals surface area contributed by atoms with E-state index in [-0.39, 0.29) is 24.7 Å². The van der Waals surface area contributed by atoms with E-state index >= 15 is 0 Å². The smallest absolute Gasteiger partial charge is 0.329 e. The van der Waals surface area contributed by atoms with Crippen LogP contribution in [0.1, 0.15) is 66.7 Å². The molecule has 26 heavy (non-hydrogen) atoms. The molecule has 0 aliphatic heterocycles. The van der Waals surface area contributed by atoms with E-state index in [4.69, 9.17) is 4.74 Å². The zero-order valence-electron chi connectivity index (χ0n) is 16.6. The van der Waals surface area contributed by atoms with Crippen molar-refractivity contribution in [3.8, 4) is 0 Å². The number of carbonyl (C=O) groups is 4. The van der Waals surface area contributed by atoms with Crippen LogP contribution in [-0.2, 0) is 28.7 Å². The first kappa shape index (κ1) is 23.9. The lowest BCUT2D eigenvalue weighted by Gasteiger charge is -2.25. The Balaban J connectivity index is 4.33. The summed E-state index contributed by atoms with van der Waals surface area (Å²) in [4.78, 5) is 47.1. The highest BCUT2D eigenvalue weighted by molar-refractivity contribution is 5.90. The van der Waals surface area contributed by atoms with E-state index in [9.17, 15) is 19.2 Å². The molecular weight excluding hydrogens is 340 g/mol. The summed E-state index contributed by atoms with van der Waals surface area (Å²) in [7, 11) is 1.32. The molecule has 0 radical (unpaired) electrons. The molecule has 2 N–H and O–H groups in total. The number of rotatable bonds is 10. The predicted octanol–water partition coefficient (Wildman–Crippen LogP) is 1.46. The quantitative estimate of drug-likeness (QED) is 0.444. The van der Waals surface area contributed by atoms with Gasteiger partial charge in [-0.15, -0.1) is 0 Å². The fraction of sp³-hybridized carbons (Fsp3) is 0.778. The van der Waals surface area contributed by atoms with Crippen molar-refractivity contribution in [1.82, 2.24) is 10.6 Å². The third kappa shape index (κ3) is 10.7. The molecule has 0 unspecified atom stereocenters. The molecule has 0 aliphatic carbocycles. The Kier molecular flexibility index (Phi) is 10.6. The second-order valence-corrected chi connectivity index (χ2v) is 7.08. The lowest BCUT2D eigenvalue weighted by Crippen LogP contribution is -2.51. The van der Waals surface area contributed by atoms with Gasteiger partial charge in [0.2, 0.25) is 11.8 Å². The number of methoxy groups -OCH3 is 1. The van der Waals surface area contributed by atoms with Crippen LogP contribution in [0.5, 0.6) is 0 Å². The van der Waals surface area contributed by atoms with Gasteiger partial charge in [-0.3, -0.25) is 14.4 Å². The van der Waals surface area contributed by atoms with E-state index < -0.39 is 29.6 Å². The summed E-state index contributed by atoms with van der Waals surface area (Å²) in [5, 5.41) is 5.17. The Bertz CT molecular complexity index is 498. The molecule has 2 atom stereocenters. The zero-order valence-corrected chi connectivity index (χ0v) is 16.6. The molecule has 8 nitrogen and oxygen atoms in total. The van der Waals surface area contributed by atoms with Gasteiger partial charge < -0.3 is 20.1 Å². The van der Waals surface area contributed by atoms with Crippen molar-refractivity contribution < 1.29 is 28.7 Å². The number of nitrogens with one attached hydrogen (secondary N) is 2. The average Bonchev–Trinajstić information content (AvgIpc) is 2.54. The third-order valence-electron chi connectivity index (χ3n) is 3.45. The highest BCUT2D eigenvalue weighted by Gasteiger charge is 2.27. The summed E-state index contributed by atoms with van der Waals surface area (Å²) < 4.78 is 9.79. The van der Waals surface area contributed by atoms with Crippen molar-refractivity contribution >= 4 is 23.8 Å². The Morgan fingerprint density at radius 2 is 1.58 bits per heavy atom. The predicted molar refractivity (Wildman–Crippen MR) is 96.2 cm³/mol. The van der Waals surface area contributed by atoms with Gasteiger partial charge in [0, 0.05) is 12.8 Å². The van der Waals surface area contributed by atoms with Crippen molar-refractivity contribution in [2.45, 2.75) is 84.4 Å². The molecule has 8 heteroatoms. The summed E-state index contributed by atoms with van der Waals surface area (Å²) in [6.07, 6.45) is 1.91. The monoisotopic (exact) mass is 372 g/mol. The van der Waals surface area contributed by atoms with Crippen LogP contribution in [0.2, 0.25) is 0 Å². The minimum absolute atomic E-state index is 0.206. The van der Waals surface area contributed by atoms with Crippen LogP contribution in [0.15, 0.2) is 0 Å². The van der Waals surface area contributed by atoms with Crippen LogP contribution in [0.3, 0.4) is 0 Å². The zero-order chi connectivity index (χ0) is 20.3. The molecule has 0 rings (SSSR count). The molecule has 0 spiro atoms. The molecule has 0 fully saturated rings. The maximum Gasteiger partial charge on any atom is 0.329 e. The van der Waals surface area contributed by atoms with Crippen molar-refractivity contribution in [2.75, 3.05) is 7.11 Å². The minimum Gasteiger partial charge on any atom is -0.469 e. The third-order valence-corrected chi connectivity index (χ3v) is 3.45. The highest BCUT2D eigenvalue weighted by atomic mass is 16.6. The molecule has 0 bridgehead atoms. The SMILES string of the molecule is CC[C@@H](NC(=O)[C@H](C)NC(=O)CCCCC(=O)OC)C(=O)OC(C)(C)C. The van der Waals surface area contributed by atoms with Crippen molar-refractivity contribution in [2.24, 2.45) is 0 Å². The van der Waals surface area contributed by atoms with Crippen molar-refractivity contribution in [3.05, 3.63) is 0 Å². The number of esters is 2. The van der Waals surface area contributed by atoms with Gasteiger partial charge in [-0.25, -0.2) is 4.79 Å². The van der Waals surface area contributed by atoms with Crippen LogP contribution in [-0.4, -0.2) is 48.5 Å². The summed E-state index contributed by atoms with van der Waals surface area (Å²) in [6.45, 7) is 8.57. The lowest BCUT2D eigenvalue weighted by atomic mass is 10.1. The fourth-order valence-corrected chi connectivity index (χ4v) is 2.03. The van der Waals surface area contributed by atoms with E-state index in [0.717, 1.165) is 0 Å². The Morgan fingerprint density at radius 1 is 1.00 bits per heavy atom. The molecule has 0 heterocycles. The van der Waals surface area contributed by atoms with Gasteiger partial charge >= 0.3 is 11.9 Å². The lowest BCUT2D eigenvalue weighted by molar-refractivity contribution is -0.158. The first-order valence-electron chi connectivity index (χ1n) is 8.89. The van der Waals surface area contributed by atoms with E-state index in [1.165, 1.54) is 7.11 Å². The van der Waals surface area contributed by atoms with Gasteiger partial charge in [-0.2, -0.15) is 0 Å². The standard InChI is InChI=1S/C18H32N2O6/c1-7-13(17(24)26-18(3,4)5)20-16(23)12(2)19-14(21)10-8-9-11-15(22)25-6/h12-13H,7-11H2,1-6H3,(H,19,21)(H,20,23)/t12-,13+/m0/s1. The van der Waals surface area contributed by atoms with Crippen LogP contribution in [0, 0.1) is 0 Å². The first-order valence-corrected chi connectivity index (χ1v) is 8.89. The molecule has 150 valence electrons. The van der Waals surface area contributed by atoms with E-state index in [2.05, 4.69) is 15.4 Å². The van der Waals surface area contributed by atoms with E-state index in [0.29, 0.717) is 19.3 Å². The molecule has 0 saturated heterocycles. The van der Waals surface area contributed by atoms with Gasteiger partial charge in [0.05, 0.1) is 7.11 Å². The number of carbonyl (C=O) groups excluding carboxylic acids is 4.